The zero-order chi connectivity index (χ0) is 17.2. The molecule has 0 aliphatic rings. The molecule has 0 saturated heterocycles. The van der Waals surface area contributed by atoms with Crippen molar-refractivity contribution >= 4 is 9.24 Å². The van der Waals surface area contributed by atoms with Crippen molar-refractivity contribution in [2.24, 2.45) is 5.92 Å². The summed E-state index contributed by atoms with van der Waals surface area (Å²) in [5.41, 5.74) is 5.39. The topological polar surface area (TPSA) is 12.0 Å². The summed E-state index contributed by atoms with van der Waals surface area (Å²) >= 11 is 0. The molecule has 126 valence electrons. The summed E-state index contributed by atoms with van der Waals surface area (Å²) in [6.45, 7) is 11.5. The Balaban J connectivity index is 0.00000127. The number of hydrogen-bond donors (Lipinski definition) is 1. The molecule has 0 aromatic heterocycles. The molecule has 2 rings (SSSR count). The fraction of sp³-hybridized carbons (Fsp3) is 0.429. The van der Waals surface area contributed by atoms with Crippen LogP contribution in [0.3, 0.4) is 0 Å². The van der Waals surface area contributed by atoms with Crippen LogP contribution >= 0.6 is 9.24 Å². The first-order chi connectivity index (χ1) is 11.0. The molecule has 2 heteroatoms. The lowest BCUT2D eigenvalue weighted by atomic mass is 10.0. The summed E-state index contributed by atoms with van der Waals surface area (Å²) in [6, 6.07) is 17.6. The predicted octanol–water partition coefficient (Wildman–Crippen LogP) is 5.88. The first-order valence-corrected chi connectivity index (χ1v) is 9.34. The predicted molar refractivity (Wildman–Crippen MR) is 107 cm³/mol. The van der Waals surface area contributed by atoms with Gasteiger partial charge in [-0.2, -0.15) is 0 Å². The second-order valence-electron chi connectivity index (χ2n) is 6.19. The summed E-state index contributed by atoms with van der Waals surface area (Å²) in [7, 11) is 2.89. The molecule has 2 atom stereocenters. The maximum Gasteiger partial charge on any atom is 0.0466 e. The second-order valence-corrected chi connectivity index (χ2v) is 6.85. The van der Waals surface area contributed by atoms with E-state index >= 15 is 0 Å². The maximum absolute atomic E-state index is 3.57. The molecule has 1 nitrogen and oxygen atoms in total. The monoisotopic (exact) mass is 329 g/mol. The largest absolute Gasteiger partial charge is 0.303 e. The van der Waals surface area contributed by atoms with E-state index in [2.05, 4.69) is 83.9 Å². The first kappa shape index (κ1) is 19.9. The molecule has 0 bridgehead atoms. The molecule has 23 heavy (non-hydrogen) atoms. The van der Waals surface area contributed by atoms with Gasteiger partial charge in [0.25, 0.3) is 0 Å². The standard InChI is InChI=1S/C19H26NP.C2H6/c1-14(2)11-16-7-9-18(10-8-16)19(21)20-13-17-6-4-5-15(3)12-17;1-2/h4-10,12,14,19-20H,11,13,21H2,1-3H3;1-2H3. The van der Waals surface area contributed by atoms with E-state index in [1.54, 1.807) is 0 Å². The number of nitrogens with one attached hydrogen (secondary N) is 1. The molecule has 0 spiro atoms. The van der Waals surface area contributed by atoms with Crippen LogP contribution in [-0.4, -0.2) is 0 Å². The molecule has 0 saturated carbocycles. The number of aryl methyl sites for hydroxylation is 1. The van der Waals surface area contributed by atoms with Gasteiger partial charge < -0.3 is 5.32 Å². The molecular formula is C21H32NP. The van der Waals surface area contributed by atoms with Crippen molar-refractivity contribution in [2.45, 2.75) is 53.4 Å². The van der Waals surface area contributed by atoms with E-state index in [-0.39, 0.29) is 0 Å². The van der Waals surface area contributed by atoms with Crippen molar-refractivity contribution in [1.29, 1.82) is 0 Å². The summed E-state index contributed by atoms with van der Waals surface area (Å²) in [4.78, 5) is 0. The summed E-state index contributed by atoms with van der Waals surface area (Å²) in [5.74, 6) is 1.00. The third-order valence-electron chi connectivity index (χ3n) is 3.59. The highest BCUT2D eigenvalue weighted by molar-refractivity contribution is 7.17. The SMILES string of the molecule is CC.Cc1cccc(CNC(P)c2ccc(CC(C)C)cc2)c1. The highest BCUT2D eigenvalue weighted by atomic mass is 31.0. The zero-order valence-electron chi connectivity index (χ0n) is 15.3. The van der Waals surface area contributed by atoms with Gasteiger partial charge in [-0.05, 0) is 36.0 Å². The molecule has 0 radical (unpaired) electrons. The molecule has 2 aromatic carbocycles. The van der Waals surface area contributed by atoms with Crippen molar-refractivity contribution in [3.05, 3.63) is 70.8 Å². The molecule has 2 unspecified atom stereocenters. The normalized spacial score (nSPS) is 11.8. The number of rotatable bonds is 6. The quantitative estimate of drug-likeness (QED) is 0.652. The van der Waals surface area contributed by atoms with E-state index in [0.717, 1.165) is 13.0 Å². The van der Waals surface area contributed by atoms with Gasteiger partial charge in [0.15, 0.2) is 0 Å². The highest BCUT2D eigenvalue weighted by Gasteiger charge is 2.06. The molecule has 0 aliphatic heterocycles. The molecule has 2 aromatic rings. The van der Waals surface area contributed by atoms with Gasteiger partial charge in [-0.25, -0.2) is 0 Å². The van der Waals surface area contributed by atoms with Gasteiger partial charge in [0.1, 0.15) is 0 Å². The van der Waals surface area contributed by atoms with Crippen LogP contribution < -0.4 is 5.32 Å². The number of benzene rings is 2. The van der Waals surface area contributed by atoms with Crippen LogP contribution in [0.25, 0.3) is 0 Å². The Kier molecular flexibility index (Phi) is 9.14. The van der Waals surface area contributed by atoms with Gasteiger partial charge in [0, 0.05) is 12.3 Å². The average molecular weight is 329 g/mol. The van der Waals surface area contributed by atoms with Crippen LogP contribution in [0, 0.1) is 12.8 Å². The molecular weight excluding hydrogens is 297 g/mol. The highest BCUT2D eigenvalue weighted by Crippen LogP contribution is 2.21. The van der Waals surface area contributed by atoms with Gasteiger partial charge in [0.2, 0.25) is 0 Å². The molecule has 1 N–H and O–H groups in total. The van der Waals surface area contributed by atoms with Crippen molar-refractivity contribution in [1.82, 2.24) is 5.32 Å². The third-order valence-corrected chi connectivity index (χ3v) is 4.21. The van der Waals surface area contributed by atoms with Gasteiger partial charge in [-0.15, -0.1) is 9.24 Å². The van der Waals surface area contributed by atoms with E-state index in [0.29, 0.717) is 11.7 Å². The molecule has 0 heterocycles. The second kappa shape index (κ2) is 10.6. The minimum atomic E-state index is 0.290. The third kappa shape index (κ3) is 7.29. The Morgan fingerprint density at radius 3 is 2.17 bits per heavy atom. The Hall–Kier alpha value is -1.17. The molecule has 0 fully saturated rings. The summed E-state index contributed by atoms with van der Waals surface area (Å²) < 4.78 is 0. The number of hydrogen-bond acceptors (Lipinski definition) is 1. The Morgan fingerprint density at radius 2 is 1.61 bits per heavy atom. The average Bonchev–Trinajstić information content (AvgIpc) is 2.55. The summed E-state index contributed by atoms with van der Waals surface area (Å²) in [5, 5.41) is 3.57. The van der Waals surface area contributed by atoms with Crippen LogP contribution in [0.2, 0.25) is 0 Å². The van der Waals surface area contributed by atoms with Gasteiger partial charge in [-0.1, -0.05) is 81.8 Å². The van der Waals surface area contributed by atoms with Crippen LogP contribution in [-0.2, 0) is 13.0 Å². The van der Waals surface area contributed by atoms with E-state index < -0.39 is 0 Å². The van der Waals surface area contributed by atoms with Crippen molar-refractivity contribution < 1.29 is 0 Å². The van der Waals surface area contributed by atoms with Crippen LogP contribution in [0.5, 0.6) is 0 Å². The Bertz CT molecular complexity index is 560. The first-order valence-electron chi connectivity index (χ1n) is 8.68. The van der Waals surface area contributed by atoms with Crippen LogP contribution in [0.1, 0.15) is 55.7 Å². The lowest BCUT2D eigenvalue weighted by Crippen LogP contribution is -2.15. The fourth-order valence-electron chi connectivity index (χ4n) is 2.50. The minimum Gasteiger partial charge on any atom is -0.303 e. The van der Waals surface area contributed by atoms with Crippen LogP contribution in [0.4, 0.5) is 0 Å². The Morgan fingerprint density at radius 1 is 0.957 bits per heavy atom. The minimum absolute atomic E-state index is 0.290. The molecule has 0 amide bonds. The van der Waals surface area contributed by atoms with Gasteiger partial charge >= 0.3 is 0 Å². The van der Waals surface area contributed by atoms with Crippen LogP contribution in [0.15, 0.2) is 48.5 Å². The van der Waals surface area contributed by atoms with E-state index in [1.165, 1.54) is 22.3 Å². The smallest absolute Gasteiger partial charge is 0.0466 e. The van der Waals surface area contributed by atoms with Crippen molar-refractivity contribution in [3.8, 4) is 0 Å². The Labute approximate surface area is 145 Å². The van der Waals surface area contributed by atoms with Gasteiger partial charge in [-0.3, -0.25) is 0 Å². The zero-order valence-corrected chi connectivity index (χ0v) is 16.4. The van der Waals surface area contributed by atoms with Crippen molar-refractivity contribution in [3.63, 3.8) is 0 Å². The maximum atomic E-state index is 3.57. The van der Waals surface area contributed by atoms with E-state index in [1.807, 2.05) is 13.8 Å². The van der Waals surface area contributed by atoms with Gasteiger partial charge in [0.05, 0.1) is 0 Å². The van der Waals surface area contributed by atoms with E-state index in [9.17, 15) is 0 Å². The van der Waals surface area contributed by atoms with E-state index in [4.69, 9.17) is 0 Å². The lowest BCUT2D eigenvalue weighted by molar-refractivity contribution is 0.645. The summed E-state index contributed by atoms with van der Waals surface area (Å²) in [6.07, 6.45) is 1.15. The molecule has 0 aliphatic carbocycles. The fourth-order valence-corrected chi connectivity index (χ4v) is 2.84. The van der Waals surface area contributed by atoms with Crippen molar-refractivity contribution in [2.75, 3.05) is 0 Å². The lowest BCUT2D eigenvalue weighted by Gasteiger charge is -2.15.